The number of ether oxygens (including phenoxy) is 1. The molecule has 0 radical (unpaired) electrons. The Morgan fingerprint density at radius 1 is 1.47 bits per heavy atom. The number of hydrogen-bond donors (Lipinski definition) is 2. The minimum atomic E-state index is -0.827. The van der Waals surface area contributed by atoms with Crippen molar-refractivity contribution in [3.63, 3.8) is 0 Å². The van der Waals surface area contributed by atoms with Crippen LogP contribution in [0.4, 0.5) is 5.69 Å². The summed E-state index contributed by atoms with van der Waals surface area (Å²) in [6, 6.07) is 6.81. The molecule has 1 aromatic carbocycles. The summed E-state index contributed by atoms with van der Waals surface area (Å²) in [5.74, 6) is -0.249. The first-order valence-electron chi connectivity index (χ1n) is 6.10. The molecule has 1 heterocycles. The molecular formula is C13H17N3O3. The number of benzene rings is 1. The molecule has 0 fully saturated rings. The van der Waals surface area contributed by atoms with Crippen molar-refractivity contribution in [2.45, 2.75) is 25.5 Å². The van der Waals surface area contributed by atoms with Gasteiger partial charge in [-0.25, -0.2) is 0 Å². The highest BCUT2D eigenvalue weighted by molar-refractivity contribution is 5.97. The van der Waals surface area contributed by atoms with Gasteiger partial charge in [-0.05, 0) is 19.1 Å². The lowest BCUT2D eigenvalue weighted by Crippen LogP contribution is -2.50. The van der Waals surface area contributed by atoms with E-state index in [1.807, 2.05) is 0 Å². The molecule has 6 nitrogen and oxygen atoms in total. The molecule has 0 aromatic heterocycles. The van der Waals surface area contributed by atoms with Crippen molar-refractivity contribution in [2.24, 2.45) is 11.5 Å². The van der Waals surface area contributed by atoms with Gasteiger partial charge in [-0.1, -0.05) is 12.1 Å². The van der Waals surface area contributed by atoms with E-state index in [2.05, 4.69) is 0 Å². The maximum atomic E-state index is 12.2. The van der Waals surface area contributed by atoms with Gasteiger partial charge < -0.3 is 21.1 Å². The van der Waals surface area contributed by atoms with Gasteiger partial charge >= 0.3 is 0 Å². The van der Waals surface area contributed by atoms with Gasteiger partial charge in [-0.2, -0.15) is 0 Å². The zero-order valence-electron chi connectivity index (χ0n) is 10.7. The van der Waals surface area contributed by atoms with Gasteiger partial charge in [0.1, 0.15) is 5.75 Å². The summed E-state index contributed by atoms with van der Waals surface area (Å²) in [4.78, 5) is 25.0. The van der Waals surface area contributed by atoms with Crippen molar-refractivity contribution in [1.82, 2.24) is 0 Å². The standard InChI is InChI=1S/C13H17N3O3/c1-8(14)6-12(17)16-7-11(13(15)18)19-10-5-3-2-4-9(10)16/h2-5,8,11H,6-7,14H2,1H3,(H2,15,18). The van der Waals surface area contributed by atoms with Crippen LogP contribution < -0.4 is 21.1 Å². The van der Waals surface area contributed by atoms with Gasteiger partial charge in [0.2, 0.25) is 5.91 Å². The second-order valence-electron chi connectivity index (χ2n) is 4.66. The summed E-state index contributed by atoms with van der Waals surface area (Å²) in [7, 11) is 0. The Balaban J connectivity index is 2.31. The summed E-state index contributed by atoms with van der Waals surface area (Å²) in [6.45, 7) is 1.88. The number of carbonyl (C=O) groups is 2. The molecule has 1 aromatic rings. The first-order chi connectivity index (χ1) is 8.99. The first kappa shape index (κ1) is 13.4. The summed E-state index contributed by atoms with van der Waals surface area (Å²) >= 11 is 0. The zero-order chi connectivity index (χ0) is 14.0. The second-order valence-corrected chi connectivity index (χ2v) is 4.66. The molecule has 4 N–H and O–H groups in total. The van der Waals surface area contributed by atoms with Crippen molar-refractivity contribution in [3.8, 4) is 5.75 Å². The lowest BCUT2D eigenvalue weighted by molar-refractivity contribution is -0.125. The quantitative estimate of drug-likeness (QED) is 0.802. The summed E-state index contributed by atoms with van der Waals surface area (Å²) < 4.78 is 5.48. The molecule has 1 aliphatic heterocycles. The van der Waals surface area contributed by atoms with Crippen molar-refractivity contribution in [2.75, 3.05) is 11.4 Å². The molecule has 0 spiro atoms. The fraction of sp³-hybridized carbons (Fsp3) is 0.385. The van der Waals surface area contributed by atoms with Gasteiger partial charge in [0.15, 0.2) is 6.10 Å². The van der Waals surface area contributed by atoms with Crippen LogP contribution in [0.25, 0.3) is 0 Å². The van der Waals surface area contributed by atoms with E-state index in [9.17, 15) is 9.59 Å². The highest BCUT2D eigenvalue weighted by atomic mass is 16.5. The monoisotopic (exact) mass is 263 g/mol. The highest BCUT2D eigenvalue weighted by Gasteiger charge is 2.32. The fourth-order valence-corrected chi connectivity index (χ4v) is 2.00. The molecular weight excluding hydrogens is 246 g/mol. The summed E-state index contributed by atoms with van der Waals surface area (Å²) in [5, 5.41) is 0. The number of primary amides is 1. The van der Waals surface area contributed by atoms with Crippen molar-refractivity contribution in [1.29, 1.82) is 0 Å². The molecule has 2 rings (SSSR count). The van der Waals surface area contributed by atoms with E-state index >= 15 is 0 Å². The third-order valence-corrected chi connectivity index (χ3v) is 2.89. The summed E-state index contributed by atoms with van der Waals surface area (Å²) in [6.07, 6.45) is -0.619. The number of nitrogens with zero attached hydrogens (tertiary/aromatic N) is 1. The van der Waals surface area contributed by atoms with E-state index in [1.54, 1.807) is 31.2 Å². The third-order valence-electron chi connectivity index (χ3n) is 2.89. The van der Waals surface area contributed by atoms with E-state index in [-0.39, 0.29) is 24.9 Å². The topological polar surface area (TPSA) is 98.7 Å². The maximum absolute atomic E-state index is 12.2. The number of nitrogens with two attached hydrogens (primary N) is 2. The van der Waals surface area contributed by atoms with Gasteiger partial charge in [0.25, 0.3) is 5.91 Å². The normalized spacial score (nSPS) is 19.3. The molecule has 19 heavy (non-hydrogen) atoms. The van der Waals surface area contributed by atoms with Crippen molar-refractivity contribution >= 4 is 17.5 Å². The van der Waals surface area contributed by atoms with Crippen molar-refractivity contribution in [3.05, 3.63) is 24.3 Å². The smallest absolute Gasteiger partial charge is 0.260 e. The molecule has 6 heteroatoms. The van der Waals surface area contributed by atoms with Gasteiger partial charge in [-0.3, -0.25) is 9.59 Å². The molecule has 0 saturated heterocycles. The Labute approximate surface area is 111 Å². The van der Waals surface area contributed by atoms with E-state index < -0.39 is 12.0 Å². The Morgan fingerprint density at radius 3 is 2.79 bits per heavy atom. The van der Waals surface area contributed by atoms with E-state index in [4.69, 9.17) is 16.2 Å². The predicted octanol–water partition coefficient (Wildman–Crippen LogP) is 0.00320. The molecule has 2 atom stereocenters. The van der Waals surface area contributed by atoms with Crippen LogP contribution in [-0.4, -0.2) is 30.5 Å². The molecule has 0 bridgehead atoms. The Kier molecular flexibility index (Phi) is 3.71. The number of para-hydroxylation sites is 2. The van der Waals surface area contributed by atoms with E-state index in [1.165, 1.54) is 4.90 Å². The average molecular weight is 263 g/mol. The van der Waals surface area contributed by atoms with Crippen LogP contribution in [0.2, 0.25) is 0 Å². The van der Waals surface area contributed by atoms with Crippen LogP contribution in [0.3, 0.4) is 0 Å². The van der Waals surface area contributed by atoms with E-state index in [0.717, 1.165) is 0 Å². The SMILES string of the molecule is CC(N)CC(=O)N1CC(C(N)=O)Oc2ccccc21. The van der Waals surface area contributed by atoms with Crippen molar-refractivity contribution < 1.29 is 14.3 Å². The predicted molar refractivity (Wildman–Crippen MR) is 70.7 cm³/mol. The Bertz CT molecular complexity index is 502. The van der Waals surface area contributed by atoms with Crippen LogP contribution in [0, 0.1) is 0 Å². The maximum Gasteiger partial charge on any atom is 0.260 e. The van der Waals surface area contributed by atoms with Crippen LogP contribution in [0.5, 0.6) is 5.75 Å². The largest absolute Gasteiger partial charge is 0.477 e. The third kappa shape index (κ3) is 2.85. The lowest BCUT2D eigenvalue weighted by Gasteiger charge is -2.33. The molecule has 0 aliphatic carbocycles. The lowest BCUT2D eigenvalue weighted by atomic mass is 10.1. The van der Waals surface area contributed by atoms with Crippen LogP contribution in [0.1, 0.15) is 13.3 Å². The molecule has 102 valence electrons. The van der Waals surface area contributed by atoms with Crippen LogP contribution in [-0.2, 0) is 9.59 Å². The number of anilines is 1. The number of amides is 2. The number of rotatable bonds is 3. The van der Waals surface area contributed by atoms with Gasteiger partial charge in [0, 0.05) is 12.5 Å². The highest BCUT2D eigenvalue weighted by Crippen LogP contribution is 2.33. The Morgan fingerprint density at radius 2 is 2.16 bits per heavy atom. The molecule has 1 aliphatic rings. The first-order valence-corrected chi connectivity index (χ1v) is 6.10. The Hall–Kier alpha value is -2.08. The molecule has 0 saturated carbocycles. The second kappa shape index (κ2) is 5.27. The summed E-state index contributed by atoms with van der Waals surface area (Å²) in [5.41, 5.74) is 11.5. The molecule has 2 amide bonds. The average Bonchev–Trinajstić information content (AvgIpc) is 2.36. The minimum absolute atomic E-state index is 0.123. The molecule has 2 unspecified atom stereocenters. The van der Waals surface area contributed by atoms with Crippen LogP contribution >= 0.6 is 0 Å². The van der Waals surface area contributed by atoms with E-state index in [0.29, 0.717) is 11.4 Å². The zero-order valence-corrected chi connectivity index (χ0v) is 10.7. The number of hydrogen-bond acceptors (Lipinski definition) is 4. The number of carbonyl (C=O) groups excluding carboxylic acids is 2. The van der Waals surface area contributed by atoms with Crippen LogP contribution in [0.15, 0.2) is 24.3 Å². The van der Waals surface area contributed by atoms with Gasteiger partial charge in [0.05, 0.1) is 12.2 Å². The number of fused-ring (bicyclic) bond motifs is 1. The fourth-order valence-electron chi connectivity index (χ4n) is 2.00. The van der Waals surface area contributed by atoms with Gasteiger partial charge in [-0.15, -0.1) is 0 Å². The minimum Gasteiger partial charge on any atom is -0.477 e.